The normalized spacial score (nSPS) is 11.0. The molecule has 0 saturated carbocycles. The Bertz CT molecular complexity index is 297. The maximum Gasteiger partial charge on any atom is 0.0233 e. The third-order valence-corrected chi connectivity index (χ3v) is 2.77. The van der Waals surface area contributed by atoms with Crippen molar-refractivity contribution in [3.05, 3.63) is 35.4 Å². The van der Waals surface area contributed by atoms with Crippen LogP contribution in [0.4, 0.5) is 0 Å². The van der Waals surface area contributed by atoms with Crippen molar-refractivity contribution in [2.75, 3.05) is 20.1 Å². The molecule has 0 saturated heterocycles. The van der Waals surface area contributed by atoms with Crippen molar-refractivity contribution < 1.29 is 0 Å². The Kier molecular flexibility index (Phi) is 6.12. The van der Waals surface area contributed by atoms with Crippen molar-refractivity contribution in [1.29, 1.82) is 0 Å². The second kappa shape index (κ2) is 7.42. The van der Waals surface area contributed by atoms with E-state index in [4.69, 9.17) is 0 Å². The number of nitrogens with one attached hydrogen (secondary N) is 1. The molecule has 0 fully saturated rings. The first kappa shape index (κ1) is 13.2. The molecule has 0 aliphatic heterocycles. The van der Waals surface area contributed by atoms with E-state index in [2.05, 4.69) is 48.3 Å². The molecule has 2 heteroatoms. The van der Waals surface area contributed by atoms with E-state index in [0.29, 0.717) is 0 Å². The highest BCUT2D eigenvalue weighted by Crippen LogP contribution is 2.08. The second-order valence-electron chi connectivity index (χ2n) is 4.22. The zero-order valence-corrected chi connectivity index (χ0v) is 10.8. The highest BCUT2D eigenvalue weighted by molar-refractivity contribution is 5.23. The Morgan fingerprint density at radius 3 is 2.56 bits per heavy atom. The molecule has 0 unspecified atom stereocenters. The van der Waals surface area contributed by atoms with Crippen LogP contribution in [0.1, 0.15) is 31.4 Å². The smallest absolute Gasteiger partial charge is 0.0233 e. The average Bonchev–Trinajstić information content (AvgIpc) is 2.29. The summed E-state index contributed by atoms with van der Waals surface area (Å²) in [5.74, 6) is 0. The summed E-state index contributed by atoms with van der Waals surface area (Å²) in [6, 6.07) is 8.85. The first-order valence-electron chi connectivity index (χ1n) is 6.24. The van der Waals surface area contributed by atoms with Crippen LogP contribution < -0.4 is 5.32 Å². The SMILES string of the molecule is CCCN(CC)Cc1cccc(CNC)c1. The Hall–Kier alpha value is -0.860. The summed E-state index contributed by atoms with van der Waals surface area (Å²) in [4.78, 5) is 2.48. The molecule has 0 spiro atoms. The van der Waals surface area contributed by atoms with Crippen LogP contribution >= 0.6 is 0 Å². The molecule has 1 rings (SSSR count). The molecule has 90 valence electrons. The largest absolute Gasteiger partial charge is 0.316 e. The van der Waals surface area contributed by atoms with E-state index >= 15 is 0 Å². The number of hydrogen-bond acceptors (Lipinski definition) is 2. The van der Waals surface area contributed by atoms with E-state index in [1.807, 2.05) is 7.05 Å². The number of hydrogen-bond donors (Lipinski definition) is 1. The van der Waals surface area contributed by atoms with Crippen molar-refractivity contribution >= 4 is 0 Å². The fourth-order valence-electron chi connectivity index (χ4n) is 1.97. The summed E-state index contributed by atoms with van der Waals surface area (Å²) in [5, 5.41) is 3.19. The molecule has 1 aromatic carbocycles. The standard InChI is InChI=1S/C14H24N2/c1-4-9-16(5-2)12-14-8-6-7-13(10-14)11-15-3/h6-8,10,15H,4-5,9,11-12H2,1-3H3. The van der Waals surface area contributed by atoms with Gasteiger partial charge in [-0.2, -0.15) is 0 Å². The summed E-state index contributed by atoms with van der Waals surface area (Å²) < 4.78 is 0. The summed E-state index contributed by atoms with van der Waals surface area (Å²) in [7, 11) is 1.99. The Morgan fingerprint density at radius 2 is 1.94 bits per heavy atom. The molecule has 0 aliphatic rings. The summed E-state index contributed by atoms with van der Waals surface area (Å²) in [5.41, 5.74) is 2.79. The van der Waals surface area contributed by atoms with Crippen LogP contribution in [-0.2, 0) is 13.1 Å². The molecule has 0 aliphatic carbocycles. The van der Waals surface area contributed by atoms with Gasteiger partial charge in [-0.3, -0.25) is 4.90 Å². The van der Waals surface area contributed by atoms with Crippen LogP contribution in [0.2, 0.25) is 0 Å². The minimum Gasteiger partial charge on any atom is -0.316 e. The van der Waals surface area contributed by atoms with Gasteiger partial charge < -0.3 is 5.32 Å². The molecule has 1 N–H and O–H groups in total. The topological polar surface area (TPSA) is 15.3 Å². The van der Waals surface area contributed by atoms with Gasteiger partial charge in [-0.15, -0.1) is 0 Å². The van der Waals surface area contributed by atoms with Crippen LogP contribution in [-0.4, -0.2) is 25.0 Å². The monoisotopic (exact) mass is 220 g/mol. The van der Waals surface area contributed by atoms with Crippen LogP contribution in [0, 0.1) is 0 Å². The highest BCUT2D eigenvalue weighted by Gasteiger charge is 2.02. The molecule has 2 nitrogen and oxygen atoms in total. The lowest BCUT2D eigenvalue weighted by atomic mass is 10.1. The van der Waals surface area contributed by atoms with E-state index in [-0.39, 0.29) is 0 Å². The molecule has 0 atom stereocenters. The number of nitrogens with zero attached hydrogens (tertiary/aromatic N) is 1. The van der Waals surface area contributed by atoms with Crippen molar-refractivity contribution in [3.63, 3.8) is 0 Å². The minimum atomic E-state index is 0.952. The second-order valence-corrected chi connectivity index (χ2v) is 4.22. The predicted octanol–water partition coefficient (Wildman–Crippen LogP) is 2.64. The molecule has 0 aromatic heterocycles. The van der Waals surface area contributed by atoms with Crippen LogP contribution in [0.3, 0.4) is 0 Å². The van der Waals surface area contributed by atoms with Gasteiger partial charge in [-0.05, 0) is 37.7 Å². The summed E-state index contributed by atoms with van der Waals surface area (Å²) >= 11 is 0. The predicted molar refractivity (Wildman–Crippen MR) is 70.4 cm³/mol. The van der Waals surface area contributed by atoms with Crippen molar-refractivity contribution in [2.45, 2.75) is 33.4 Å². The molecule has 0 heterocycles. The van der Waals surface area contributed by atoms with Gasteiger partial charge >= 0.3 is 0 Å². The Labute approximate surface area is 99.7 Å². The summed E-state index contributed by atoms with van der Waals surface area (Å²) in [6.07, 6.45) is 1.23. The van der Waals surface area contributed by atoms with E-state index < -0.39 is 0 Å². The molecular formula is C14H24N2. The molecular weight excluding hydrogens is 196 g/mol. The first-order chi connectivity index (χ1) is 7.80. The third-order valence-electron chi connectivity index (χ3n) is 2.77. The molecule has 0 radical (unpaired) electrons. The van der Waals surface area contributed by atoms with Crippen LogP contribution in [0.15, 0.2) is 24.3 Å². The lowest BCUT2D eigenvalue weighted by molar-refractivity contribution is 0.280. The molecule has 1 aromatic rings. The van der Waals surface area contributed by atoms with Gasteiger partial charge in [0.05, 0.1) is 0 Å². The maximum atomic E-state index is 3.19. The lowest BCUT2D eigenvalue weighted by Crippen LogP contribution is -2.23. The van der Waals surface area contributed by atoms with Gasteiger partial charge in [-0.25, -0.2) is 0 Å². The van der Waals surface area contributed by atoms with Crippen LogP contribution in [0.25, 0.3) is 0 Å². The Morgan fingerprint density at radius 1 is 1.19 bits per heavy atom. The number of rotatable bonds is 7. The third kappa shape index (κ3) is 4.33. The molecule has 16 heavy (non-hydrogen) atoms. The van der Waals surface area contributed by atoms with Gasteiger partial charge in [0.25, 0.3) is 0 Å². The fraction of sp³-hybridized carbons (Fsp3) is 0.571. The fourth-order valence-corrected chi connectivity index (χ4v) is 1.97. The average molecular weight is 220 g/mol. The van der Waals surface area contributed by atoms with Gasteiger partial charge in [0.2, 0.25) is 0 Å². The van der Waals surface area contributed by atoms with Gasteiger partial charge in [0.1, 0.15) is 0 Å². The van der Waals surface area contributed by atoms with Crippen molar-refractivity contribution in [1.82, 2.24) is 10.2 Å². The lowest BCUT2D eigenvalue weighted by Gasteiger charge is -2.19. The van der Waals surface area contributed by atoms with Crippen molar-refractivity contribution in [3.8, 4) is 0 Å². The number of benzene rings is 1. The quantitative estimate of drug-likeness (QED) is 0.760. The van der Waals surface area contributed by atoms with Gasteiger partial charge in [0.15, 0.2) is 0 Å². The first-order valence-corrected chi connectivity index (χ1v) is 6.24. The zero-order valence-electron chi connectivity index (χ0n) is 10.8. The Balaban J connectivity index is 2.60. The minimum absolute atomic E-state index is 0.952. The molecule has 0 bridgehead atoms. The zero-order chi connectivity index (χ0) is 11.8. The van der Waals surface area contributed by atoms with E-state index in [0.717, 1.165) is 19.6 Å². The maximum absolute atomic E-state index is 3.19. The van der Waals surface area contributed by atoms with E-state index in [1.165, 1.54) is 24.1 Å². The van der Waals surface area contributed by atoms with E-state index in [1.54, 1.807) is 0 Å². The van der Waals surface area contributed by atoms with E-state index in [9.17, 15) is 0 Å². The van der Waals surface area contributed by atoms with Crippen molar-refractivity contribution in [2.24, 2.45) is 0 Å². The molecule has 0 amide bonds. The van der Waals surface area contributed by atoms with Gasteiger partial charge in [-0.1, -0.05) is 38.1 Å². The van der Waals surface area contributed by atoms with Gasteiger partial charge in [0, 0.05) is 13.1 Å². The van der Waals surface area contributed by atoms with Crippen LogP contribution in [0.5, 0.6) is 0 Å². The summed E-state index contributed by atoms with van der Waals surface area (Å²) in [6.45, 7) is 8.81. The highest BCUT2D eigenvalue weighted by atomic mass is 15.1.